The highest BCUT2D eigenvalue weighted by atomic mass is 32.1. The van der Waals surface area contributed by atoms with Crippen LogP contribution in [0, 0.1) is 12.7 Å². The van der Waals surface area contributed by atoms with Crippen LogP contribution < -0.4 is 4.74 Å². The third-order valence-corrected chi connectivity index (χ3v) is 7.02. The molecule has 3 aromatic rings. The quantitative estimate of drug-likeness (QED) is 0.442. The summed E-state index contributed by atoms with van der Waals surface area (Å²) in [4.78, 5) is 31.3. The summed E-state index contributed by atoms with van der Waals surface area (Å²) in [7, 11) is 0. The van der Waals surface area contributed by atoms with Gasteiger partial charge in [0.05, 0.1) is 6.04 Å². The Bertz CT molecular complexity index is 1140. The first-order chi connectivity index (χ1) is 16.5. The number of hydrogen-bond acceptors (Lipinski definition) is 4. The van der Waals surface area contributed by atoms with Crippen LogP contribution in [0.4, 0.5) is 4.39 Å². The second-order valence-electron chi connectivity index (χ2n) is 8.51. The molecule has 4 rings (SSSR count). The Morgan fingerprint density at radius 3 is 2.71 bits per heavy atom. The number of ether oxygens (including phenoxy) is 1. The topological polar surface area (TPSA) is 49.9 Å². The fourth-order valence-electron chi connectivity index (χ4n) is 4.26. The van der Waals surface area contributed by atoms with Crippen LogP contribution in [0.15, 0.2) is 60.0 Å². The highest BCUT2D eigenvalue weighted by Gasteiger charge is 2.33. The van der Waals surface area contributed by atoms with Crippen molar-refractivity contribution in [2.75, 3.05) is 26.2 Å². The average Bonchev–Trinajstić information content (AvgIpc) is 3.31. The van der Waals surface area contributed by atoms with Crippen molar-refractivity contribution in [3.8, 4) is 5.75 Å². The molecule has 34 heavy (non-hydrogen) atoms. The van der Waals surface area contributed by atoms with E-state index in [9.17, 15) is 14.0 Å². The summed E-state index contributed by atoms with van der Waals surface area (Å²) >= 11 is 1.67. The van der Waals surface area contributed by atoms with Crippen molar-refractivity contribution >= 4 is 23.2 Å². The van der Waals surface area contributed by atoms with Gasteiger partial charge in [0.25, 0.3) is 5.91 Å². The van der Waals surface area contributed by atoms with Crippen LogP contribution in [0.25, 0.3) is 0 Å². The molecule has 2 aromatic carbocycles. The Morgan fingerprint density at radius 1 is 1.18 bits per heavy atom. The van der Waals surface area contributed by atoms with E-state index in [-0.39, 0.29) is 36.8 Å². The predicted molar refractivity (Wildman–Crippen MR) is 132 cm³/mol. The molecule has 5 nitrogen and oxygen atoms in total. The Balaban J connectivity index is 1.51. The van der Waals surface area contributed by atoms with Gasteiger partial charge in [0.1, 0.15) is 24.7 Å². The standard InChI is InChI=1S/C27H29FN2O3S/c1-3-13-29(27(32)20-9-7-19(2)8-10-20)17-26(31)30-14-11-25-23(12-15-34-25)24(30)18-33-22-6-4-5-21(28)16-22/h4-10,12,15-16,24H,3,11,13-14,17-18H2,1-2H3/t24-/m0/s1. The lowest BCUT2D eigenvalue weighted by molar-refractivity contribution is -0.135. The van der Waals surface area contributed by atoms with Gasteiger partial charge in [-0.05, 0) is 61.0 Å². The molecule has 1 aliphatic rings. The molecular formula is C27H29FN2O3S. The van der Waals surface area contributed by atoms with E-state index in [2.05, 4.69) is 0 Å². The number of carbonyl (C=O) groups is 2. The third-order valence-electron chi connectivity index (χ3n) is 6.02. The Hall–Kier alpha value is -3.19. The lowest BCUT2D eigenvalue weighted by Gasteiger charge is -2.37. The van der Waals surface area contributed by atoms with Crippen molar-refractivity contribution in [2.45, 2.75) is 32.7 Å². The molecule has 7 heteroatoms. The predicted octanol–water partition coefficient (Wildman–Crippen LogP) is 5.25. The van der Waals surface area contributed by atoms with Gasteiger partial charge in [-0.2, -0.15) is 0 Å². The van der Waals surface area contributed by atoms with E-state index in [1.807, 2.05) is 37.4 Å². The molecule has 2 heterocycles. The van der Waals surface area contributed by atoms with E-state index >= 15 is 0 Å². The number of hydrogen-bond donors (Lipinski definition) is 0. The fourth-order valence-corrected chi connectivity index (χ4v) is 5.19. The van der Waals surface area contributed by atoms with Crippen molar-refractivity contribution in [3.63, 3.8) is 0 Å². The maximum absolute atomic E-state index is 13.6. The minimum atomic E-state index is -0.366. The van der Waals surface area contributed by atoms with Gasteiger partial charge in [-0.1, -0.05) is 30.7 Å². The number of carbonyl (C=O) groups excluding carboxylic acids is 2. The Labute approximate surface area is 203 Å². The van der Waals surface area contributed by atoms with Gasteiger partial charge in [0.15, 0.2) is 0 Å². The lowest BCUT2D eigenvalue weighted by atomic mass is 10.0. The highest BCUT2D eigenvalue weighted by molar-refractivity contribution is 7.10. The van der Waals surface area contributed by atoms with Crippen molar-refractivity contribution in [2.24, 2.45) is 0 Å². The van der Waals surface area contributed by atoms with Crippen LogP contribution in [0.3, 0.4) is 0 Å². The smallest absolute Gasteiger partial charge is 0.254 e. The van der Waals surface area contributed by atoms with Crippen molar-refractivity contribution in [1.82, 2.24) is 9.80 Å². The van der Waals surface area contributed by atoms with E-state index < -0.39 is 0 Å². The summed E-state index contributed by atoms with van der Waals surface area (Å²) in [6, 6.07) is 15.2. The molecule has 0 aliphatic carbocycles. The van der Waals surface area contributed by atoms with E-state index in [0.717, 1.165) is 24.0 Å². The van der Waals surface area contributed by atoms with Gasteiger partial charge in [-0.3, -0.25) is 9.59 Å². The molecule has 0 bridgehead atoms. The molecule has 0 radical (unpaired) electrons. The number of amides is 2. The zero-order valence-corrected chi connectivity index (χ0v) is 20.3. The Kier molecular flexibility index (Phi) is 7.63. The largest absolute Gasteiger partial charge is 0.491 e. The van der Waals surface area contributed by atoms with E-state index in [0.29, 0.717) is 24.4 Å². The molecule has 0 saturated carbocycles. The number of rotatable bonds is 8. The first kappa shape index (κ1) is 24.0. The SMILES string of the molecule is CCCN(CC(=O)N1CCc2sccc2[C@@H]1COc1cccc(F)c1)C(=O)c1ccc(C)cc1. The fraction of sp³-hybridized carbons (Fsp3) is 0.333. The number of halogens is 1. The summed E-state index contributed by atoms with van der Waals surface area (Å²) in [5.74, 6) is -0.193. The number of fused-ring (bicyclic) bond motifs is 1. The maximum atomic E-state index is 13.6. The monoisotopic (exact) mass is 480 g/mol. The highest BCUT2D eigenvalue weighted by Crippen LogP contribution is 2.34. The second-order valence-corrected chi connectivity index (χ2v) is 9.51. The summed E-state index contributed by atoms with van der Waals surface area (Å²) in [6.07, 6.45) is 1.53. The third kappa shape index (κ3) is 5.47. The minimum Gasteiger partial charge on any atom is -0.491 e. The zero-order chi connectivity index (χ0) is 24.1. The van der Waals surface area contributed by atoms with Crippen LogP contribution in [-0.4, -0.2) is 47.9 Å². The van der Waals surface area contributed by atoms with Crippen LogP contribution >= 0.6 is 11.3 Å². The number of aryl methyl sites for hydroxylation is 1. The molecule has 1 aromatic heterocycles. The molecule has 0 spiro atoms. The molecule has 1 atom stereocenters. The summed E-state index contributed by atoms with van der Waals surface area (Å²) < 4.78 is 19.5. The maximum Gasteiger partial charge on any atom is 0.254 e. The number of benzene rings is 2. The minimum absolute atomic E-state index is 0.0104. The molecular weight excluding hydrogens is 451 g/mol. The number of nitrogens with zero attached hydrogens (tertiary/aromatic N) is 2. The molecule has 0 N–H and O–H groups in total. The summed E-state index contributed by atoms with van der Waals surface area (Å²) in [6.45, 7) is 5.26. The molecule has 2 amide bonds. The van der Waals surface area contributed by atoms with Gasteiger partial charge in [-0.25, -0.2) is 4.39 Å². The van der Waals surface area contributed by atoms with Gasteiger partial charge >= 0.3 is 0 Å². The molecule has 0 saturated heterocycles. The lowest BCUT2D eigenvalue weighted by Crippen LogP contribution is -2.48. The van der Waals surface area contributed by atoms with Crippen molar-refractivity contribution in [1.29, 1.82) is 0 Å². The first-order valence-corrected chi connectivity index (χ1v) is 12.4. The van der Waals surface area contributed by atoms with Crippen molar-refractivity contribution in [3.05, 3.63) is 87.4 Å². The van der Waals surface area contributed by atoms with Gasteiger partial charge in [-0.15, -0.1) is 11.3 Å². The van der Waals surface area contributed by atoms with Gasteiger partial charge in [0, 0.05) is 29.6 Å². The molecule has 1 aliphatic heterocycles. The average molecular weight is 481 g/mol. The summed E-state index contributed by atoms with van der Waals surface area (Å²) in [5, 5.41) is 2.03. The zero-order valence-electron chi connectivity index (χ0n) is 19.5. The number of thiophene rings is 1. The molecule has 178 valence electrons. The van der Waals surface area contributed by atoms with Crippen molar-refractivity contribution < 1.29 is 18.7 Å². The van der Waals surface area contributed by atoms with Crippen LogP contribution in [0.1, 0.15) is 45.7 Å². The molecule has 0 unspecified atom stereocenters. The van der Waals surface area contributed by atoms with Crippen LogP contribution in [-0.2, 0) is 11.2 Å². The normalized spacial score (nSPS) is 15.0. The van der Waals surface area contributed by atoms with Crippen LogP contribution in [0.5, 0.6) is 5.75 Å². The van der Waals surface area contributed by atoms with Gasteiger partial charge < -0.3 is 14.5 Å². The Morgan fingerprint density at radius 2 is 1.97 bits per heavy atom. The van der Waals surface area contributed by atoms with E-state index in [1.54, 1.807) is 45.4 Å². The van der Waals surface area contributed by atoms with E-state index in [1.165, 1.54) is 17.0 Å². The second kappa shape index (κ2) is 10.8. The van der Waals surface area contributed by atoms with Crippen LogP contribution in [0.2, 0.25) is 0 Å². The van der Waals surface area contributed by atoms with E-state index in [4.69, 9.17) is 4.74 Å². The first-order valence-electron chi connectivity index (χ1n) is 11.6. The molecule has 0 fully saturated rings. The van der Waals surface area contributed by atoms with Gasteiger partial charge in [0.2, 0.25) is 5.91 Å². The summed E-state index contributed by atoms with van der Waals surface area (Å²) in [5.41, 5.74) is 2.72.